The van der Waals surface area contributed by atoms with Crippen LogP contribution in [0.2, 0.25) is 0 Å². The number of ether oxygens (including phenoxy) is 2. The van der Waals surface area contributed by atoms with E-state index in [2.05, 4.69) is 31.0 Å². The van der Waals surface area contributed by atoms with Crippen molar-refractivity contribution in [3.63, 3.8) is 0 Å². The van der Waals surface area contributed by atoms with Crippen LogP contribution in [0.4, 0.5) is 5.82 Å². The van der Waals surface area contributed by atoms with E-state index in [9.17, 15) is 4.79 Å². The zero-order valence-electron chi connectivity index (χ0n) is 19.6. The van der Waals surface area contributed by atoms with E-state index in [4.69, 9.17) is 15.2 Å². The van der Waals surface area contributed by atoms with Crippen LogP contribution in [0, 0.1) is 5.41 Å². The predicted molar refractivity (Wildman–Crippen MR) is 124 cm³/mol. The van der Waals surface area contributed by atoms with Crippen molar-refractivity contribution in [3.05, 3.63) is 59.1 Å². The van der Waals surface area contributed by atoms with Crippen molar-refractivity contribution in [1.82, 2.24) is 4.98 Å². The molecule has 3 N–H and O–H groups in total. The molecule has 3 aliphatic rings. The van der Waals surface area contributed by atoms with Crippen molar-refractivity contribution in [2.45, 2.75) is 45.6 Å². The summed E-state index contributed by atoms with van der Waals surface area (Å²) in [4.78, 5) is 19.6. The molecule has 0 spiro atoms. The largest absolute Gasteiger partial charge is 0.430 e. The Hall–Kier alpha value is -2.77. The number of nitrogens with one attached hydrogen (secondary N) is 1. The highest BCUT2D eigenvalue weighted by atomic mass is 16.5. The number of morpholine rings is 1. The van der Waals surface area contributed by atoms with Gasteiger partial charge in [0.25, 0.3) is 0 Å². The molecule has 1 saturated heterocycles. The SMILES string of the molecule is CC1(C)CC(=O)C2=C(C1)Oc1nc[n+](CCC[NH+]3CCOCC3)c(N)c1[C@H]2c1ccccc1. The number of carbonyl (C=O) groups is 1. The van der Waals surface area contributed by atoms with Crippen LogP contribution in [-0.4, -0.2) is 43.6 Å². The highest BCUT2D eigenvalue weighted by Crippen LogP contribution is 2.50. The van der Waals surface area contributed by atoms with Gasteiger partial charge in [0.1, 0.15) is 24.4 Å². The number of benzene rings is 1. The number of aromatic nitrogens is 2. The van der Waals surface area contributed by atoms with Crippen LogP contribution >= 0.6 is 0 Å². The minimum absolute atomic E-state index is 0.128. The second kappa shape index (κ2) is 8.88. The lowest BCUT2D eigenvalue weighted by molar-refractivity contribution is -0.910. The summed E-state index contributed by atoms with van der Waals surface area (Å²) >= 11 is 0. The molecule has 0 bridgehead atoms. The Labute approximate surface area is 195 Å². The standard InChI is InChI=1S/C26H32N4O3/c1-26(2)15-19(31)22-20(16-26)33-25-23(21(22)18-7-4-3-5-8-18)24(27)30(17-28-25)10-6-9-29-11-13-32-14-12-29/h3-5,7-8,17,21,27H,6,9-16H2,1-2H3/p+2/t21-/m0/s1. The molecule has 0 unspecified atom stereocenters. The Kier molecular flexibility index (Phi) is 5.93. The fraction of sp³-hybridized carbons (Fsp3) is 0.500. The predicted octanol–water partition coefficient (Wildman–Crippen LogP) is 1.42. The first-order valence-corrected chi connectivity index (χ1v) is 12.0. The van der Waals surface area contributed by atoms with Crippen LogP contribution in [0.25, 0.3) is 0 Å². The number of rotatable bonds is 5. The number of carbonyl (C=O) groups excluding carboxylic acids is 1. The molecule has 2 aliphatic heterocycles. The van der Waals surface area contributed by atoms with Gasteiger partial charge in [-0.25, -0.2) is 4.57 Å². The van der Waals surface area contributed by atoms with E-state index in [1.165, 1.54) is 0 Å². The maximum atomic E-state index is 13.4. The van der Waals surface area contributed by atoms with E-state index >= 15 is 0 Å². The van der Waals surface area contributed by atoms with Crippen LogP contribution in [0.5, 0.6) is 5.88 Å². The summed E-state index contributed by atoms with van der Waals surface area (Å²) < 4.78 is 13.7. The van der Waals surface area contributed by atoms with Crippen molar-refractivity contribution in [2.24, 2.45) is 5.41 Å². The Morgan fingerprint density at radius 3 is 2.70 bits per heavy atom. The molecular weight excluding hydrogens is 416 g/mol. The number of fused-ring (bicyclic) bond motifs is 1. The number of nitrogens with zero attached hydrogens (tertiary/aromatic N) is 2. The van der Waals surface area contributed by atoms with Gasteiger partial charge in [-0.05, 0) is 11.0 Å². The Morgan fingerprint density at radius 2 is 1.94 bits per heavy atom. The Morgan fingerprint density at radius 1 is 1.18 bits per heavy atom. The molecule has 7 nitrogen and oxygen atoms in total. The summed E-state index contributed by atoms with van der Waals surface area (Å²) in [5.74, 6) is 1.80. The van der Waals surface area contributed by atoms with E-state index in [-0.39, 0.29) is 17.1 Å². The number of hydrogen-bond donors (Lipinski definition) is 2. The third-order valence-corrected chi connectivity index (χ3v) is 7.07. The number of hydrogen-bond acceptors (Lipinski definition) is 5. The highest BCUT2D eigenvalue weighted by Gasteiger charge is 2.45. The van der Waals surface area contributed by atoms with Gasteiger partial charge in [0.05, 0.1) is 32.2 Å². The molecule has 7 heteroatoms. The first-order valence-electron chi connectivity index (χ1n) is 12.0. The lowest BCUT2D eigenvalue weighted by Gasteiger charge is -2.37. The summed E-state index contributed by atoms with van der Waals surface area (Å²) in [6.07, 6.45) is 4.01. The van der Waals surface area contributed by atoms with Crippen LogP contribution in [0.1, 0.15) is 50.2 Å². The summed E-state index contributed by atoms with van der Waals surface area (Å²) in [6, 6.07) is 10.1. The lowest BCUT2D eigenvalue weighted by Crippen LogP contribution is -3.14. The average Bonchev–Trinajstić information content (AvgIpc) is 2.80. The topological polar surface area (TPSA) is 82.8 Å². The number of aryl methyl sites for hydroxylation is 1. The highest BCUT2D eigenvalue weighted by molar-refractivity contribution is 6.00. The van der Waals surface area contributed by atoms with E-state index in [1.54, 1.807) is 11.2 Å². The molecule has 1 aliphatic carbocycles. The third-order valence-electron chi connectivity index (χ3n) is 7.07. The van der Waals surface area contributed by atoms with E-state index in [0.717, 1.165) is 74.7 Å². The lowest BCUT2D eigenvalue weighted by atomic mass is 9.70. The number of nitrogen functional groups attached to an aromatic ring is 1. The van der Waals surface area contributed by atoms with Gasteiger partial charge in [0, 0.05) is 24.8 Å². The van der Waals surface area contributed by atoms with Crippen LogP contribution in [0.3, 0.4) is 0 Å². The minimum atomic E-state index is -0.252. The second-order valence-corrected chi connectivity index (χ2v) is 10.2. The van der Waals surface area contributed by atoms with Gasteiger partial charge in [-0.1, -0.05) is 49.2 Å². The molecule has 1 atom stereocenters. The summed E-state index contributed by atoms with van der Waals surface area (Å²) in [5, 5.41) is 0. The summed E-state index contributed by atoms with van der Waals surface area (Å²) in [5.41, 5.74) is 9.23. The van der Waals surface area contributed by atoms with Crippen LogP contribution in [0.15, 0.2) is 48.0 Å². The molecule has 5 rings (SSSR count). The molecular formula is C26H34N4O3+2. The maximum absolute atomic E-state index is 13.4. The van der Waals surface area contributed by atoms with Gasteiger partial charge < -0.3 is 20.1 Å². The quantitative estimate of drug-likeness (QED) is 0.674. The number of ketones is 1. The van der Waals surface area contributed by atoms with Gasteiger partial charge in [0.2, 0.25) is 12.1 Å². The monoisotopic (exact) mass is 450 g/mol. The Bertz CT molecular complexity index is 1070. The third kappa shape index (κ3) is 4.39. The summed E-state index contributed by atoms with van der Waals surface area (Å²) in [7, 11) is 0. The van der Waals surface area contributed by atoms with Crippen molar-refractivity contribution in [2.75, 3.05) is 38.6 Å². The van der Waals surface area contributed by atoms with E-state index in [0.29, 0.717) is 18.1 Å². The molecule has 1 aromatic heterocycles. The van der Waals surface area contributed by atoms with Crippen molar-refractivity contribution in [3.8, 4) is 5.88 Å². The first kappa shape index (κ1) is 22.0. The van der Waals surface area contributed by atoms with Gasteiger partial charge in [0.15, 0.2) is 5.78 Å². The van der Waals surface area contributed by atoms with Gasteiger partial charge >= 0.3 is 5.88 Å². The molecule has 174 valence electrons. The molecule has 0 radical (unpaired) electrons. The summed E-state index contributed by atoms with van der Waals surface area (Å²) in [6.45, 7) is 9.88. The maximum Gasteiger partial charge on any atom is 0.305 e. The molecule has 1 aromatic carbocycles. The molecule has 1 fully saturated rings. The van der Waals surface area contributed by atoms with Crippen molar-refractivity contribution < 1.29 is 23.7 Å². The van der Waals surface area contributed by atoms with E-state index < -0.39 is 0 Å². The number of Topliss-reactive ketones (excluding diaryl/α,β-unsaturated/α-hetero) is 1. The second-order valence-electron chi connectivity index (χ2n) is 10.2. The zero-order chi connectivity index (χ0) is 23.0. The number of quaternary nitrogens is 1. The fourth-order valence-corrected chi connectivity index (χ4v) is 5.39. The zero-order valence-corrected chi connectivity index (χ0v) is 19.6. The van der Waals surface area contributed by atoms with Crippen molar-refractivity contribution in [1.29, 1.82) is 0 Å². The molecule has 0 saturated carbocycles. The number of allylic oxidation sites excluding steroid dienone is 2. The van der Waals surface area contributed by atoms with Gasteiger partial charge in [-0.2, -0.15) is 0 Å². The molecule has 2 aromatic rings. The van der Waals surface area contributed by atoms with Crippen molar-refractivity contribution >= 4 is 11.6 Å². The number of anilines is 1. The fourth-order valence-electron chi connectivity index (χ4n) is 5.39. The smallest absolute Gasteiger partial charge is 0.305 e. The Balaban J connectivity index is 1.49. The number of nitrogens with two attached hydrogens (primary N) is 1. The molecule has 3 heterocycles. The molecule has 33 heavy (non-hydrogen) atoms. The molecule has 0 amide bonds. The van der Waals surface area contributed by atoms with Crippen LogP contribution < -0.4 is 19.9 Å². The average molecular weight is 451 g/mol. The minimum Gasteiger partial charge on any atom is -0.430 e. The van der Waals surface area contributed by atoms with E-state index in [1.807, 2.05) is 22.8 Å². The normalized spacial score (nSPS) is 22.5. The van der Waals surface area contributed by atoms with Gasteiger partial charge in [-0.3, -0.25) is 4.79 Å². The van der Waals surface area contributed by atoms with Gasteiger partial charge in [-0.15, -0.1) is 0 Å². The first-order chi connectivity index (χ1) is 15.9. The van der Waals surface area contributed by atoms with Crippen LogP contribution in [-0.2, 0) is 16.1 Å².